The van der Waals surface area contributed by atoms with Crippen molar-refractivity contribution in [2.24, 2.45) is 0 Å². The second-order valence-corrected chi connectivity index (χ2v) is 4.51. The average Bonchev–Trinajstić information content (AvgIpc) is 2.63. The van der Waals surface area contributed by atoms with E-state index in [1.807, 2.05) is 0 Å². The average molecular weight is 298 g/mol. The van der Waals surface area contributed by atoms with Gasteiger partial charge in [0.25, 0.3) is 0 Å². The third kappa shape index (κ3) is 3.26. The maximum Gasteiger partial charge on any atom is 0.416 e. The predicted octanol–water partition coefficient (Wildman–Crippen LogP) is 3.60. The van der Waals surface area contributed by atoms with Crippen molar-refractivity contribution in [1.82, 2.24) is 0 Å². The van der Waals surface area contributed by atoms with Gasteiger partial charge >= 0.3 is 12.1 Å². The third-order valence-corrected chi connectivity index (χ3v) is 3.08. The maximum atomic E-state index is 12.8. The number of esters is 1. The fraction of sp³-hybridized carbons (Fsp3) is 0.267. The van der Waals surface area contributed by atoms with Crippen molar-refractivity contribution in [1.29, 1.82) is 0 Å². The minimum Gasteiger partial charge on any atom is -0.485 e. The van der Waals surface area contributed by atoms with E-state index in [0.717, 1.165) is 12.1 Å². The minimum atomic E-state index is -4.46. The van der Waals surface area contributed by atoms with Crippen LogP contribution in [0.3, 0.4) is 0 Å². The van der Waals surface area contributed by atoms with Crippen LogP contribution in [0, 0.1) is 0 Å². The fourth-order valence-electron chi connectivity index (χ4n) is 2.02. The van der Waals surface area contributed by atoms with Crippen molar-refractivity contribution in [3.05, 3.63) is 47.6 Å². The van der Waals surface area contributed by atoms with Crippen LogP contribution in [-0.2, 0) is 15.7 Å². The van der Waals surface area contributed by atoms with E-state index in [9.17, 15) is 18.0 Å². The smallest absolute Gasteiger partial charge is 0.416 e. The Hall–Kier alpha value is -2.24. The predicted molar refractivity (Wildman–Crippen MR) is 70.7 cm³/mol. The molecule has 0 amide bonds. The van der Waals surface area contributed by atoms with Gasteiger partial charge in [-0.25, -0.2) is 4.79 Å². The van der Waals surface area contributed by atoms with E-state index in [0.29, 0.717) is 0 Å². The van der Waals surface area contributed by atoms with Crippen LogP contribution in [0.5, 0.6) is 5.75 Å². The number of fused-ring (bicyclic) bond motifs is 1. The van der Waals surface area contributed by atoms with Gasteiger partial charge in [0.05, 0.1) is 12.7 Å². The number of carbonyl (C=O) groups excluding carboxylic acids is 1. The molecule has 0 aliphatic carbocycles. The Labute approximate surface area is 119 Å². The van der Waals surface area contributed by atoms with E-state index in [4.69, 9.17) is 4.74 Å². The lowest BCUT2D eigenvalue weighted by Crippen LogP contribution is -2.16. The van der Waals surface area contributed by atoms with Crippen molar-refractivity contribution >= 4 is 12.0 Å². The molecule has 21 heavy (non-hydrogen) atoms. The van der Waals surface area contributed by atoms with Gasteiger partial charge in [0.1, 0.15) is 11.9 Å². The van der Waals surface area contributed by atoms with Gasteiger partial charge in [0.2, 0.25) is 0 Å². The quantitative estimate of drug-likeness (QED) is 0.618. The second-order valence-electron chi connectivity index (χ2n) is 4.51. The SMILES string of the molecule is C=C[C@@H]1CC(C(=O)OC)=Cc2cc(C(F)(F)F)ccc2O1. The van der Waals surface area contributed by atoms with Crippen LogP contribution in [0.25, 0.3) is 6.08 Å². The first-order valence-electron chi connectivity index (χ1n) is 6.14. The molecule has 1 aliphatic rings. The number of hydrogen-bond donors (Lipinski definition) is 0. The number of benzene rings is 1. The van der Waals surface area contributed by atoms with Gasteiger partial charge in [-0.05, 0) is 24.3 Å². The van der Waals surface area contributed by atoms with Crippen LogP contribution in [0.2, 0.25) is 0 Å². The van der Waals surface area contributed by atoms with Crippen LogP contribution in [0.1, 0.15) is 17.5 Å². The van der Waals surface area contributed by atoms with Crippen LogP contribution >= 0.6 is 0 Å². The van der Waals surface area contributed by atoms with Crippen molar-refractivity contribution in [3.8, 4) is 5.75 Å². The molecule has 1 atom stereocenters. The van der Waals surface area contributed by atoms with E-state index in [2.05, 4.69) is 11.3 Å². The molecular formula is C15H13F3O3. The number of rotatable bonds is 2. The lowest BCUT2D eigenvalue weighted by atomic mass is 10.0. The van der Waals surface area contributed by atoms with E-state index in [-0.39, 0.29) is 23.3 Å². The van der Waals surface area contributed by atoms with Crippen molar-refractivity contribution in [3.63, 3.8) is 0 Å². The number of ether oxygens (including phenoxy) is 2. The molecule has 0 saturated heterocycles. The molecule has 0 spiro atoms. The highest BCUT2D eigenvalue weighted by atomic mass is 19.4. The van der Waals surface area contributed by atoms with Gasteiger partial charge in [0.15, 0.2) is 0 Å². The highest BCUT2D eigenvalue weighted by Crippen LogP contribution is 2.35. The molecule has 2 rings (SSSR count). The molecule has 0 saturated carbocycles. The molecule has 0 aromatic heterocycles. The number of carbonyl (C=O) groups is 1. The molecule has 1 aliphatic heterocycles. The number of halogens is 3. The topological polar surface area (TPSA) is 35.5 Å². The zero-order valence-corrected chi connectivity index (χ0v) is 11.2. The Morgan fingerprint density at radius 2 is 2.19 bits per heavy atom. The fourth-order valence-corrected chi connectivity index (χ4v) is 2.02. The first-order chi connectivity index (χ1) is 9.85. The molecule has 0 fully saturated rings. The number of methoxy groups -OCH3 is 1. The zero-order valence-electron chi connectivity index (χ0n) is 11.2. The molecule has 1 aromatic rings. The molecule has 3 nitrogen and oxygen atoms in total. The molecule has 0 N–H and O–H groups in total. The summed E-state index contributed by atoms with van der Waals surface area (Å²) in [5, 5.41) is 0. The van der Waals surface area contributed by atoms with Gasteiger partial charge in [-0.2, -0.15) is 13.2 Å². The Kier molecular flexibility index (Phi) is 4.06. The van der Waals surface area contributed by atoms with Gasteiger partial charge in [0, 0.05) is 17.6 Å². The highest BCUT2D eigenvalue weighted by molar-refractivity contribution is 5.94. The lowest BCUT2D eigenvalue weighted by Gasteiger charge is -2.15. The van der Waals surface area contributed by atoms with Crippen LogP contribution in [-0.4, -0.2) is 19.2 Å². The summed E-state index contributed by atoms with van der Waals surface area (Å²) in [6.45, 7) is 3.59. The summed E-state index contributed by atoms with van der Waals surface area (Å²) in [6.07, 6.45) is -1.93. The van der Waals surface area contributed by atoms with Crippen molar-refractivity contribution < 1.29 is 27.4 Å². The molecule has 0 unspecified atom stereocenters. The normalized spacial score (nSPS) is 17.9. The largest absolute Gasteiger partial charge is 0.485 e. The summed E-state index contributed by atoms with van der Waals surface area (Å²) in [5.74, 6) is -0.331. The third-order valence-electron chi connectivity index (χ3n) is 3.08. The summed E-state index contributed by atoms with van der Waals surface area (Å²) < 4.78 is 48.4. The van der Waals surface area contributed by atoms with Crippen LogP contribution in [0.4, 0.5) is 13.2 Å². The Morgan fingerprint density at radius 3 is 2.76 bits per heavy atom. The Bertz CT molecular complexity index is 603. The van der Waals surface area contributed by atoms with E-state index in [1.165, 1.54) is 25.3 Å². The van der Waals surface area contributed by atoms with Crippen LogP contribution < -0.4 is 4.74 Å². The van der Waals surface area contributed by atoms with E-state index < -0.39 is 23.8 Å². The number of alkyl halides is 3. The monoisotopic (exact) mass is 298 g/mol. The molecular weight excluding hydrogens is 285 g/mol. The van der Waals surface area contributed by atoms with Gasteiger partial charge in [-0.3, -0.25) is 0 Å². The number of hydrogen-bond acceptors (Lipinski definition) is 3. The second kappa shape index (κ2) is 5.63. The van der Waals surface area contributed by atoms with E-state index in [1.54, 1.807) is 0 Å². The first-order valence-corrected chi connectivity index (χ1v) is 6.14. The molecule has 0 bridgehead atoms. The summed E-state index contributed by atoms with van der Waals surface area (Å²) in [4.78, 5) is 11.7. The van der Waals surface area contributed by atoms with Gasteiger partial charge < -0.3 is 9.47 Å². The maximum absolute atomic E-state index is 12.8. The van der Waals surface area contributed by atoms with E-state index >= 15 is 0 Å². The summed E-state index contributed by atoms with van der Waals surface area (Å²) in [7, 11) is 1.21. The highest BCUT2D eigenvalue weighted by Gasteiger charge is 2.32. The van der Waals surface area contributed by atoms with Crippen LogP contribution in [0.15, 0.2) is 36.4 Å². The van der Waals surface area contributed by atoms with Gasteiger partial charge in [-0.1, -0.05) is 12.7 Å². The summed E-state index contributed by atoms with van der Waals surface area (Å²) in [6, 6.07) is 3.13. The molecule has 112 valence electrons. The minimum absolute atomic E-state index is 0.187. The molecule has 6 heteroatoms. The standard InChI is InChI=1S/C15H13F3O3/c1-3-12-8-10(14(19)20-2)6-9-7-11(15(16,17)18)4-5-13(9)21-12/h3-7,12H,1,8H2,2H3/t12-/m1/s1. The Balaban J connectivity index is 2.52. The van der Waals surface area contributed by atoms with Crippen molar-refractivity contribution in [2.45, 2.75) is 18.7 Å². The Morgan fingerprint density at radius 1 is 1.48 bits per heavy atom. The molecule has 1 heterocycles. The lowest BCUT2D eigenvalue weighted by molar-refractivity contribution is -0.138. The van der Waals surface area contributed by atoms with Gasteiger partial charge in [-0.15, -0.1) is 0 Å². The molecule has 1 aromatic carbocycles. The summed E-state index contributed by atoms with van der Waals surface area (Å²) in [5.41, 5.74) is -0.377. The zero-order chi connectivity index (χ0) is 15.6. The molecule has 0 radical (unpaired) electrons. The summed E-state index contributed by atoms with van der Waals surface area (Å²) >= 11 is 0. The van der Waals surface area contributed by atoms with Crippen molar-refractivity contribution in [2.75, 3.05) is 7.11 Å². The first kappa shape index (κ1) is 15.2.